The van der Waals surface area contributed by atoms with Crippen LogP contribution in [0.5, 0.6) is 0 Å². The molecule has 10 heavy (non-hydrogen) atoms. The molecule has 0 spiro atoms. The molecule has 0 unspecified atom stereocenters. The van der Waals surface area contributed by atoms with Crippen LogP contribution in [0.25, 0.3) is 0 Å². The number of hydrogen-bond acceptors (Lipinski definition) is 3. The average molecular weight is 243 g/mol. The molecule has 56 valence electrons. The Hall–Kier alpha value is 0.0900. The lowest BCUT2D eigenvalue weighted by molar-refractivity contribution is 0.483. The van der Waals surface area contributed by atoms with Crippen molar-refractivity contribution >= 4 is 37.4 Å². The monoisotopic (exact) mass is 242 g/mol. The van der Waals surface area contributed by atoms with E-state index in [0.717, 1.165) is 0 Å². The minimum atomic E-state index is -4.03. The zero-order valence-corrected chi connectivity index (χ0v) is 7.83. The highest BCUT2D eigenvalue weighted by atomic mass is 79.9. The zero-order chi connectivity index (χ0) is 7.78. The molecule has 0 aliphatic heterocycles. The molecule has 1 heterocycles. The number of hydrogen-bond donors (Lipinski definition) is 1. The molecule has 0 radical (unpaired) electrons. The highest BCUT2D eigenvalue weighted by Gasteiger charge is 2.13. The van der Waals surface area contributed by atoms with Crippen LogP contribution in [0.1, 0.15) is 0 Å². The van der Waals surface area contributed by atoms with Crippen LogP contribution in [0.4, 0.5) is 0 Å². The maximum Gasteiger partial charge on any atom is 0.296 e. The molecule has 1 aromatic heterocycles. The Bertz CT molecular complexity index is 326. The molecule has 0 aromatic carbocycles. The summed E-state index contributed by atoms with van der Waals surface area (Å²) in [6, 6.07) is 0. The first-order chi connectivity index (χ1) is 4.52. The molecule has 0 saturated heterocycles. The van der Waals surface area contributed by atoms with Gasteiger partial charge in [-0.3, -0.25) is 4.55 Å². The van der Waals surface area contributed by atoms with Gasteiger partial charge in [-0.25, -0.2) is 0 Å². The molecular weight excluding hydrogens is 240 g/mol. The third-order valence-electron chi connectivity index (χ3n) is 0.860. The topological polar surface area (TPSA) is 54.4 Å². The van der Waals surface area contributed by atoms with E-state index in [0.29, 0.717) is 4.47 Å². The van der Waals surface area contributed by atoms with Crippen molar-refractivity contribution in [2.24, 2.45) is 0 Å². The Balaban J connectivity index is 3.32. The smallest absolute Gasteiger partial charge is 0.282 e. The van der Waals surface area contributed by atoms with Gasteiger partial charge in [0.15, 0.2) is 0 Å². The van der Waals surface area contributed by atoms with E-state index in [4.69, 9.17) is 4.55 Å². The Morgan fingerprint density at radius 3 is 2.30 bits per heavy atom. The summed E-state index contributed by atoms with van der Waals surface area (Å²) in [5.74, 6) is 0. The van der Waals surface area contributed by atoms with Gasteiger partial charge in [0.05, 0.1) is 0 Å². The number of halogens is 1. The van der Waals surface area contributed by atoms with E-state index in [1.54, 1.807) is 5.38 Å². The molecule has 1 rings (SSSR count). The molecule has 0 amide bonds. The molecule has 0 aliphatic carbocycles. The molecule has 1 N–H and O–H groups in total. The zero-order valence-electron chi connectivity index (χ0n) is 4.61. The summed E-state index contributed by atoms with van der Waals surface area (Å²) in [6.45, 7) is 0. The van der Waals surface area contributed by atoms with Crippen LogP contribution in [-0.4, -0.2) is 13.0 Å². The lowest BCUT2D eigenvalue weighted by Crippen LogP contribution is -1.95. The molecule has 1 aromatic rings. The van der Waals surface area contributed by atoms with Gasteiger partial charge in [0.2, 0.25) is 0 Å². The van der Waals surface area contributed by atoms with Gasteiger partial charge >= 0.3 is 0 Å². The summed E-state index contributed by atoms with van der Waals surface area (Å²) in [5, 5.41) is 2.95. The van der Waals surface area contributed by atoms with Crippen LogP contribution in [0, 0.1) is 0 Å². The van der Waals surface area contributed by atoms with Gasteiger partial charge in [-0.15, -0.1) is 11.3 Å². The van der Waals surface area contributed by atoms with Crippen molar-refractivity contribution in [1.82, 2.24) is 0 Å². The SMILES string of the molecule is O=S(=O)(O)c1cscc1Br. The molecule has 0 aliphatic rings. The van der Waals surface area contributed by atoms with Crippen LogP contribution in [0.2, 0.25) is 0 Å². The third kappa shape index (κ3) is 1.57. The van der Waals surface area contributed by atoms with Gasteiger partial charge in [0.25, 0.3) is 10.1 Å². The van der Waals surface area contributed by atoms with Crippen molar-refractivity contribution < 1.29 is 13.0 Å². The number of rotatable bonds is 1. The van der Waals surface area contributed by atoms with Gasteiger partial charge in [0, 0.05) is 15.2 Å². The highest BCUT2D eigenvalue weighted by molar-refractivity contribution is 9.10. The second-order valence-electron chi connectivity index (χ2n) is 1.56. The lowest BCUT2D eigenvalue weighted by Gasteiger charge is -1.89. The second kappa shape index (κ2) is 2.61. The van der Waals surface area contributed by atoms with Crippen molar-refractivity contribution in [3.8, 4) is 0 Å². The van der Waals surface area contributed by atoms with Crippen LogP contribution < -0.4 is 0 Å². The molecule has 0 saturated carbocycles. The van der Waals surface area contributed by atoms with Gasteiger partial charge < -0.3 is 0 Å². The van der Waals surface area contributed by atoms with E-state index in [9.17, 15) is 8.42 Å². The summed E-state index contributed by atoms with van der Waals surface area (Å²) < 4.78 is 29.8. The van der Waals surface area contributed by atoms with Crippen molar-refractivity contribution in [2.75, 3.05) is 0 Å². The number of thiophene rings is 1. The fourth-order valence-electron chi connectivity index (χ4n) is 0.454. The van der Waals surface area contributed by atoms with Gasteiger partial charge in [-0.05, 0) is 15.9 Å². The van der Waals surface area contributed by atoms with E-state index < -0.39 is 10.1 Å². The van der Waals surface area contributed by atoms with E-state index >= 15 is 0 Å². The molecule has 0 fully saturated rings. The molecular formula is C4H3BrO3S2. The van der Waals surface area contributed by atoms with Crippen molar-refractivity contribution in [3.63, 3.8) is 0 Å². The molecule has 6 heteroatoms. The highest BCUT2D eigenvalue weighted by Crippen LogP contribution is 2.25. The first kappa shape index (κ1) is 8.19. The lowest BCUT2D eigenvalue weighted by atomic mass is 10.7. The Morgan fingerprint density at radius 2 is 2.10 bits per heavy atom. The predicted molar refractivity (Wildman–Crippen MR) is 41.8 cm³/mol. The van der Waals surface area contributed by atoms with E-state index in [1.807, 2.05) is 0 Å². The summed E-state index contributed by atoms with van der Waals surface area (Å²) in [4.78, 5) is -0.0718. The Labute approximate surface area is 70.6 Å². The molecule has 0 atom stereocenters. The normalized spacial score (nSPS) is 11.8. The first-order valence-corrected chi connectivity index (χ1v) is 5.38. The standard InChI is InChI=1S/C4H3BrO3S2/c5-3-1-9-2-4(3)10(6,7)8/h1-2H,(H,6,7,8). The van der Waals surface area contributed by atoms with E-state index in [1.165, 1.54) is 16.7 Å². The van der Waals surface area contributed by atoms with Crippen LogP contribution >= 0.6 is 27.3 Å². The largest absolute Gasteiger partial charge is 0.296 e. The minimum Gasteiger partial charge on any atom is -0.282 e. The molecule has 0 bridgehead atoms. The van der Waals surface area contributed by atoms with E-state index in [2.05, 4.69) is 15.9 Å². The summed E-state index contributed by atoms with van der Waals surface area (Å²) in [5.41, 5.74) is 0. The summed E-state index contributed by atoms with van der Waals surface area (Å²) in [7, 11) is -4.03. The van der Waals surface area contributed by atoms with Gasteiger partial charge in [0.1, 0.15) is 4.90 Å². The minimum absolute atomic E-state index is 0.0718. The fraction of sp³-hybridized carbons (Fsp3) is 0. The molecule has 3 nitrogen and oxygen atoms in total. The van der Waals surface area contributed by atoms with Crippen LogP contribution in [0.15, 0.2) is 20.1 Å². The van der Waals surface area contributed by atoms with Gasteiger partial charge in [-0.2, -0.15) is 8.42 Å². The Morgan fingerprint density at radius 1 is 1.50 bits per heavy atom. The second-order valence-corrected chi connectivity index (χ2v) is 4.55. The maximum atomic E-state index is 10.4. The first-order valence-electron chi connectivity index (χ1n) is 2.21. The fourth-order valence-corrected chi connectivity index (χ4v) is 3.26. The van der Waals surface area contributed by atoms with E-state index in [-0.39, 0.29) is 4.90 Å². The maximum absolute atomic E-state index is 10.4. The average Bonchev–Trinajstić information content (AvgIpc) is 2.11. The quantitative estimate of drug-likeness (QED) is 0.764. The summed E-state index contributed by atoms with van der Waals surface area (Å²) in [6.07, 6.45) is 0. The predicted octanol–water partition coefficient (Wildman–Crippen LogP) is 1.76. The summed E-state index contributed by atoms with van der Waals surface area (Å²) >= 11 is 4.18. The van der Waals surface area contributed by atoms with Crippen LogP contribution in [0.3, 0.4) is 0 Å². The van der Waals surface area contributed by atoms with Crippen LogP contribution in [-0.2, 0) is 10.1 Å². The third-order valence-corrected chi connectivity index (χ3v) is 3.87. The van der Waals surface area contributed by atoms with Crippen molar-refractivity contribution in [1.29, 1.82) is 0 Å². The Kier molecular flexibility index (Phi) is 2.14. The van der Waals surface area contributed by atoms with Crippen molar-refractivity contribution in [2.45, 2.75) is 4.90 Å². The van der Waals surface area contributed by atoms with Crippen molar-refractivity contribution in [3.05, 3.63) is 15.2 Å². The van der Waals surface area contributed by atoms with Gasteiger partial charge in [-0.1, -0.05) is 0 Å².